The maximum absolute atomic E-state index is 12.9. The Morgan fingerprint density at radius 1 is 1.15 bits per heavy atom. The zero-order chi connectivity index (χ0) is 18.1. The molecular weight excluding hydrogens is 350 g/mol. The Kier molecular flexibility index (Phi) is 4.58. The second-order valence-corrected chi connectivity index (χ2v) is 7.33. The van der Waals surface area contributed by atoms with E-state index >= 15 is 0 Å². The minimum Gasteiger partial charge on any atom is -0.343 e. The molecule has 2 saturated heterocycles. The van der Waals surface area contributed by atoms with Gasteiger partial charge in [0, 0.05) is 61.9 Å². The van der Waals surface area contributed by atoms with Gasteiger partial charge in [0.2, 0.25) is 11.0 Å². The molecule has 1 aromatic carbocycles. The van der Waals surface area contributed by atoms with Crippen molar-refractivity contribution in [3.63, 3.8) is 0 Å². The Morgan fingerprint density at radius 3 is 2.62 bits per heavy atom. The third-order valence-corrected chi connectivity index (χ3v) is 5.70. The molecule has 2 aromatic rings. The minimum absolute atomic E-state index is 0.0200. The second-order valence-electron chi connectivity index (χ2n) is 6.60. The Morgan fingerprint density at radius 2 is 1.96 bits per heavy atom. The summed E-state index contributed by atoms with van der Waals surface area (Å²) in [4.78, 5) is 35.1. The van der Waals surface area contributed by atoms with Gasteiger partial charge >= 0.3 is 0 Å². The van der Waals surface area contributed by atoms with Crippen molar-refractivity contribution < 1.29 is 9.59 Å². The lowest BCUT2D eigenvalue weighted by molar-refractivity contribution is -0.117. The van der Waals surface area contributed by atoms with E-state index in [1.807, 2.05) is 36.1 Å². The maximum atomic E-state index is 12.9. The van der Waals surface area contributed by atoms with Crippen molar-refractivity contribution in [3.8, 4) is 0 Å². The van der Waals surface area contributed by atoms with Gasteiger partial charge in [0.15, 0.2) is 0 Å². The van der Waals surface area contributed by atoms with Crippen molar-refractivity contribution in [3.05, 3.63) is 35.7 Å². The molecule has 0 bridgehead atoms. The lowest BCUT2D eigenvalue weighted by Crippen LogP contribution is -2.48. The van der Waals surface area contributed by atoms with Gasteiger partial charge in [0.05, 0.1) is 0 Å². The highest BCUT2D eigenvalue weighted by molar-refractivity contribution is 7.09. The van der Waals surface area contributed by atoms with Crippen LogP contribution in [0, 0.1) is 6.92 Å². The van der Waals surface area contributed by atoms with Gasteiger partial charge < -0.3 is 14.7 Å². The van der Waals surface area contributed by atoms with E-state index in [2.05, 4.69) is 14.3 Å². The number of piperazine rings is 1. The van der Waals surface area contributed by atoms with Crippen molar-refractivity contribution >= 4 is 34.2 Å². The number of aromatic nitrogens is 2. The molecule has 2 amide bonds. The van der Waals surface area contributed by atoms with Crippen molar-refractivity contribution in [1.29, 1.82) is 0 Å². The van der Waals surface area contributed by atoms with E-state index in [9.17, 15) is 9.59 Å². The molecule has 0 atom stereocenters. The van der Waals surface area contributed by atoms with Crippen LogP contribution >= 0.6 is 11.5 Å². The first-order chi connectivity index (χ1) is 12.6. The predicted octanol–water partition coefficient (Wildman–Crippen LogP) is 1.94. The van der Waals surface area contributed by atoms with E-state index in [0.29, 0.717) is 25.1 Å². The highest BCUT2D eigenvalue weighted by Crippen LogP contribution is 2.24. The number of anilines is 2. The number of benzene rings is 1. The second kappa shape index (κ2) is 7.03. The molecular formula is C18H21N5O2S. The Hall–Kier alpha value is -2.48. The van der Waals surface area contributed by atoms with E-state index in [4.69, 9.17) is 0 Å². The highest BCUT2D eigenvalue weighted by atomic mass is 32.1. The summed E-state index contributed by atoms with van der Waals surface area (Å²) in [5, 5.41) is 0.921. The summed E-state index contributed by atoms with van der Waals surface area (Å²) in [6.45, 7) is 5.44. The zero-order valence-electron chi connectivity index (χ0n) is 14.7. The first-order valence-corrected chi connectivity index (χ1v) is 9.64. The molecule has 4 rings (SSSR count). The Labute approximate surface area is 156 Å². The molecule has 0 radical (unpaired) electrons. The summed E-state index contributed by atoms with van der Waals surface area (Å²) >= 11 is 1.40. The molecule has 0 spiro atoms. The predicted molar refractivity (Wildman–Crippen MR) is 101 cm³/mol. The quantitative estimate of drug-likeness (QED) is 0.825. The number of aryl methyl sites for hydroxylation is 1. The number of hydrogen-bond donors (Lipinski definition) is 0. The molecule has 0 unspecified atom stereocenters. The van der Waals surface area contributed by atoms with E-state index < -0.39 is 0 Å². The lowest BCUT2D eigenvalue weighted by atomic mass is 10.1. The van der Waals surface area contributed by atoms with Crippen LogP contribution in [0.15, 0.2) is 24.3 Å². The van der Waals surface area contributed by atoms with Crippen molar-refractivity contribution in [2.24, 2.45) is 0 Å². The maximum Gasteiger partial charge on any atom is 0.254 e. The molecule has 2 aliphatic rings. The third-order valence-electron chi connectivity index (χ3n) is 4.83. The Bertz CT molecular complexity index is 828. The Balaban J connectivity index is 1.43. The average molecular weight is 371 g/mol. The van der Waals surface area contributed by atoms with E-state index in [0.717, 1.165) is 42.7 Å². The number of carbonyl (C=O) groups is 2. The topological polar surface area (TPSA) is 69.6 Å². The molecule has 3 heterocycles. The number of carbonyl (C=O) groups excluding carboxylic acids is 2. The SMILES string of the molecule is Cc1nsc(N2CCN(C(=O)c3cccc(N4CCCC4=O)c3)CC2)n1. The van der Waals surface area contributed by atoms with Crippen LogP contribution in [0.2, 0.25) is 0 Å². The van der Waals surface area contributed by atoms with Gasteiger partial charge in [-0.1, -0.05) is 6.07 Å². The van der Waals surface area contributed by atoms with Crippen LogP contribution in [-0.4, -0.2) is 58.8 Å². The number of rotatable bonds is 3. The van der Waals surface area contributed by atoms with Crippen LogP contribution in [0.3, 0.4) is 0 Å². The van der Waals surface area contributed by atoms with Crippen LogP contribution < -0.4 is 9.80 Å². The largest absolute Gasteiger partial charge is 0.343 e. The van der Waals surface area contributed by atoms with Crippen LogP contribution in [0.4, 0.5) is 10.8 Å². The van der Waals surface area contributed by atoms with Crippen molar-refractivity contribution in [2.45, 2.75) is 19.8 Å². The van der Waals surface area contributed by atoms with E-state index in [1.165, 1.54) is 11.5 Å². The fraction of sp³-hybridized carbons (Fsp3) is 0.444. The van der Waals surface area contributed by atoms with Crippen LogP contribution in [0.5, 0.6) is 0 Å². The fourth-order valence-corrected chi connectivity index (χ4v) is 4.15. The number of nitrogens with zero attached hydrogens (tertiary/aromatic N) is 5. The highest BCUT2D eigenvalue weighted by Gasteiger charge is 2.26. The molecule has 8 heteroatoms. The monoisotopic (exact) mass is 371 g/mol. The van der Waals surface area contributed by atoms with E-state index in [-0.39, 0.29) is 11.8 Å². The molecule has 136 valence electrons. The number of amides is 2. The van der Waals surface area contributed by atoms with Crippen LogP contribution in [0.25, 0.3) is 0 Å². The zero-order valence-corrected chi connectivity index (χ0v) is 15.5. The molecule has 2 fully saturated rings. The van der Waals surface area contributed by atoms with Gasteiger partial charge in [-0.2, -0.15) is 4.37 Å². The summed E-state index contributed by atoms with van der Waals surface area (Å²) in [5.41, 5.74) is 1.46. The first kappa shape index (κ1) is 17.0. The normalized spacial score (nSPS) is 17.9. The van der Waals surface area contributed by atoms with Crippen molar-refractivity contribution in [2.75, 3.05) is 42.5 Å². The summed E-state index contributed by atoms with van der Waals surface area (Å²) in [5.74, 6) is 0.943. The summed E-state index contributed by atoms with van der Waals surface area (Å²) in [6, 6.07) is 7.42. The van der Waals surface area contributed by atoms with Gasteiger partial charge in [-0.05, 0) is 31.5 Å². The smallest absolute Gasteiger partial charge is 0.254 e. The van der Waals surface area contributed by atoms with Gasteiger partial charge in [0.25, 0.3) is 5.91 Å². The van der Waals surface area contributed by atoms with Gasteiger partial charge in [-0.3, -0.25) is 9.59 Å². The summed E-state index contributed by atoms with van der Waals surface area (Å²) in [7, 11) is 0. The molecule has 2 aliphatic heterocycles. The third kappa shape index (κ3) is 3.29. The number of hydrogen-bond acceptors (Lipinski definition) is 6. The van der Waals surface area contributed by atoms with E-state index in [1.54, 1.807) is 4.90 Å². The molecule has 0 N–H and O–H groups in total. The molecule has 26 heavy (non-hydrogen) atoms. The standard InChI is InChI=1S/C18H21N5O2S/c1-13-19-18(26-20-13)22-10-8-21(9-11-22)17(25)14-4-2-5-15(12-14)23-7-3-6-16(23)24/h2,4-5,12H,3,6-11H2,1H3. The summed E-state index contributed by atoms with van der Waals surface area (Å²) < 4.78 is 4.22. The molecule has 7 nitrogen and oxygen atoms in total. The van der Waals surface area contributed by atoms with Gasteiger partial charge in [0.1, 0.15) is 5.82 Å². The molecule has 0 saturated carbocycles. The van der Waals surface area contributed by atoms with Crippen LogP contribution in [-0.2, 0) is 4.79 Å². The minimum atomic E-state index is 0.0200. The lowest BCUT2D eigenvalue weighted by Gasteiger charge is -2.34. The van der Waals surface area contributed by atoms with Crippen molar-refractivity contribution in [1.82, 2.24) is 14.3 Å². The van der Waals surface area contributed by atoms with Crippen LogP contribution in [0.1, 0.15) is 29.0 Å². The van der Waals surface area contributed by atoms with Gasteiger partial charge in [-0.15, -0.1) is 0 Å². The first-order valence-electron chi connectivity index (χ1n) is 8.87. The summed E-state index contributed by atoms with van der Waals surface area (Å²) in [6.07, 6.45) is 1.47. The molecule has 1 aromatic heterocycles. The fourth-order valence-electron chi connectivity index (χ4n) is 3.43. The molecule has 0 aliphatic carbocycles. The average Bonchev–Trinajstić information content (AvgIpc) is 3.30. The van der Waals surface area contributed by atoms with Gasteiger partial charge in [-0.25, -0.2) is 4.98 Å².